The molecule has 1 atom stereocenters. The summed E-state index contributed by atoms with van der Waals surface area (Å²) in [5.41, 5.74) is 0. The molecule has 1 amide bonds. The monoisotopic (exact) mass is 259 g/mol. The fourth-order valence-corrected chi connectivity index (χ4v) is 1.64. The predicted molar refractivity (Wildman–Crippen MR) is 69.6 cm³/mol. The number of carbonyl (C=O) groups excluding carboxylic acids is 1. The van der Waals surface area contributed by atoms with Crippen LogP contribution in [0.5, 0.6) is 0 Å². The van der Waals surface area contributed by atoms with Gasteiger partial charge in [0.15, 0.2) is 0 Å². The van der Waals surface area contributed by atoms with E-state index in [9.17, 15) is 4.79 Å². The first-order valence-electron chi connectivity index (χ1n) is 6.50. The second-order valence-electron chi connectivity index (χ2n) is 4.67. The van der Waals surface area contributed by atoms with Gasteiger partial charge in [0.05, 0.1) is 32.3 Å². The molecule has 18 heavy (non-hydrogen) atoms. The predicted octanol–water partition coefficient (Wildman–Crippen LogP) is -0.941. The Labute approximate surface area is 109 Å². The molecule has 1 aliphatic rings. The van der Waals surface area contributed by atoms with Crippen molar-refractivity contribution in [1.82, 2.24) is 15.5 Å². The molecule has 0 aromatic carbocycles. The molecule has 0 bridgehead atoms. The number of hydrogen-bond donors (Lipinski definition) is 2. The molecule has 6 heteroatoms. The average molecular weight is 259 g/mol. The van der Waals surface area contributed by atoms with Crippen molar-refractivity contribution in [2.24, 2.45) is 0 Å². The molecule has 0 spiro atoms. The van der Waals surface area contributed by atoms with Crippen LogP contribution in [0.2, 0.25) is 0 Å². The van der Waals surface area contributed by atoms with Gasteiger partial charge in [0, 0.05) is 26.2 Å². The summed E-state index contributed by atoms with van der Waals surface area (Å²) in [4.78, 5) is 13.6. The van der Waals surface area contributed by atoms with Crippen LogP contribution in [0.15, 0.2) is 0 Å². The van der Waals surface area contributed by atoms with E-state index in [0.29, 0.717) is 32.8 Å². The highest BCUT2D eigenvalue weighted by Gasteiger charge is 2.16. The van der Waals surface area contributed by atoms with Crippen molar-refractivity contribution in [1.29, 1.82) is 0 Å². The molecule has 1 rings (SSSR count). The lowest BCUT2D eigenvalue weighted by molar-refractivity contribution is -0.124. The minimum atomic E-state index is 0.00779. The molecule has 2 N–H and O–H groups in total. The number of ether oxygens (including phenoxy) is 2. The maximum Gasteiger partial charge on any atom is 0.222 e. The molecular formula is C12H25N3O3. The highest BCUT2D eigenvalue weighted by Crippen LogP contribution is 2.00. The third-order valence-corrected chi connectivity index (χ3v) is 2.67. The van der Waals surface area contributed by atoms with Gasteiger partial charge in [-0.1, -0.05) is 0 Å². The molecule has 1 unspecified atom stereocenters. The van der Waals surface area contributed by atoms with Gasteiger partial charge in [0.2, 0.25) is 5.91 Å². The summed E-state index contributed by atoms with van der Waals surface area (Å²) >= 11 is 0. The Kier molecular flexibility index (Phi) is 7.91. The third kappa shape index (κ3) is 7.60. The van der Waals surface area contributed by atoms with Gasteiger partial charge in [-0.05, 0) is 14.1 Å². The van der Waals surface area contributed by atoms with E-state index in [1.807, 2.05) is 14.1 Å². The quantitative estimate of drug-likeness (QED) is 0.551. The average Bonchev–Trinajstić information content (AvgIpc) is 2.34. The molecule has 6 nitrogen and oxygen atoms in total. The Hall–Kier alpha value is -0.690. The van der Waals surface area contributed by atoms with Crippen LogP contribution >= 0.6 is 0 Å². The lowest BCUT2D eigenvalue weighted by atomic mass is 10.2. The SMILES string of the molecule is CN(C)CCOCCNC(=O)CC1CNCCO1. The molecular weight excluding hydrogens is 234 g/mol. The van der Waals surface area contributed by atoms with E-state index in [4.69, 9.17) is 9.47 Å². The molecule has 0 saturated carbocycles. The van der Waals surface area contributed by atoms with Crippen LogP contribution in [0.3, 0.4) is 0 Å². The van der Waals surface area contributed by atoms with Gasteiger partial charge in [-0.15, -0.1) is 0 Å². The van der Waals surface area contributed by atoms with E-state index in [2.05, 4.69) is 15.5 Å². The smallest absolute Gasteiger partial charge is 0.222 e. The Morgan fingerprint density at radius 3 is 3.00 bits per heavy atom. The van der Waals surface area contributed by atoms with Gasteiger partial charge >= 0.3 is 0 Å². The van der Waals surface area contributed by atoms with Crippen LogP contribution < -0.4 is 10.6 Å². The van der Waals surface area contributed by atoms with Gasteiger partial charge in [0.25, 0.3) is 0 Å². The maximum absolute atomic E-state index is 11.6. The van der Waals surface area contributed by atoms with Crippen LogP contribution in [0, 0.1) is 0 Å². The molecule has 1 fully saturated rings. The number of rotatable bonds is 8. The van der Waals surface area contributed by atoms with Crippen molar-refractivity contribution in [3.05, 3.63) is 0 Å². The Balaban J connectivity index is 1.93. The van der Waals surface area contributed by atoms with Crippen molar-refractivity contribution in [2.45, 2.75) is 12.5 Å². The Morgan fingerprint density at radius 2 is 2.33 bits per heavy atom. The van der Waals surface area contributed by atoms with Crippen LogP contribution in [0.1, 0.15) is 6.42 Å². The van der Waals surface area contributed by atoms with Gasteiger partial charge in [0.1, 0.15) is 0 Å². The van der Waals surface area contributed by atoms with Crippen molar-refractivity contribution in [2.75, 3.05) is 60.1 Å². The zero-order valence-electron chi connectivity index (χ0n) is 11.4. The number of amides is 1. The number of morpholine rings is 1. The molecule has 0 radical (unpaired) electrons. The standard InChI is InChI=1S/C12H25N3O3/c1-15(2)5-8-17-6-4-14-12(16)9-11-10-13-3-7-18-11/h11,13H,3-10H2,1-2H3,(H,14,16). The summed E-state index contributed by atoms with van der Waals surface area (Å²) in [5.74, 6) is 0.0277. The Bertz CT molecular complexity index is 231. The van der Waals surface area contributed by atoms with Crippen LogP contribution in [-0.2, 0) is 14.3 Å². The minimum absolute atomic E-state index is 0.00779. The lowest BCUT2D eigenvalue weighted by Crippen LogP contribution is -2.41. The summed E-state index contributed by atoms with van der Waals surface area (Å²) in [7, 11) is 4.01. The zero-order chi connectivity index (χ0) is 13.2. The van der Waals surface area contributed by atoms with E-state index in [1.165, 1.54) is 0 Å². The molecule has 1 heterocycles. The lowest BCUT2D eigenvalue weighted by Gasteiger charge is -2.23. The summed E-state index contributed by atoms with van der Waals surface area (Å²) in [5, 5.41) is 6.03. The first kappa shape index (κ1) is 15.4. The van der Waals surface area contributed by atoms with Gasteiger partial charge < -0.3 is 25.0 Å². The third-order valence-electron chi connectivity index (χ3n) is 2.67. The minimum Gasteiger partial charge on any atom is -0.378 e. The topological polar surface area (TPSA) is 62.8 Å². The molecule has 106 valence electrons. The van der Waals surface area contributed by atoms with Crippen molar-refractivity contribution >= 4 is 5.91 Å². The summed E-state index contributed by atoms with van der Waals surface area (Å²) in [6.45, 7) is 5.03. The number of likely N-dealkylation sites (N-methyl/N-ethyl adjacent to an activating group) is 1. The molecule has 1 saturated heterocycles. The van der Waals surface area contributed by atoms with E-state index >= 15 is 0 Å². The number of carbonyl (C=O) groups is 1. The van der Waals surface area contributed by atoms with Gasteiger partial charge in [-0.3, -0.25) is 4.79 Å². The molecule has 0 aromatic rings. The molecule has 1 aliphatic heterocycles. The van der Waals surface area contributed by atoms with E-state index in [-0.39, 0.29) is 12.0 Å². The normalized spacial score (nSPS) is 20.1. The van der Waals surface area contributed by atoms with E-state index < -0.39 is 0 Å². The highest BCUT2D eigenvalue weighted by molar-refractivity contribution is 5.76. The number of nitrogens with zero attached hydrogens (tertiary/aromatic N) is 1. The summed E-state index contributed by atoms with van der Waals surface area (Å²) in [6, 6.07) is 0. The largest absolute Gasteiger partial charge is 0.378 e. The Morgan fingerprint density at radius 1 is 1.50 bits per heavy atom. The van der Waals surface area contributed by atoms with Crippen molar-refractivity contribution in [3.63, 3.8) is 0 Å². The first-order valence-corrected chi connectivity index (χ1v) is 6.50. The van der Waals surface area contributed by atoms with Crippen molar-refractivity contribution in [3.8, 4) is 0 Å². The fourth-order valence-electron chi connectivity index (χ4n) is 1.64. The highest BCUT2D eigenvalue weighted by atomic mass is 16.5. The fraction of sp³-hybridized carbons (Fsp3) is 0.917. The molecule has 0 aliphatic carbocycles. The summed E-state index contributed by atoms with van der Waals surface area (Å²) in [6.07, 6.45) is 0.429. The second kappa shape index (κ2) is 9.27. The van der Waals surface area contributed by atoms with Crippen LogP contribution in [-0.4, -0.2) is 77.0 Å². The van der Waals surface area contributed by atoms with Crippen LogP contribution in [0.4, 0.5) is 0 Å². The summed E-state index contributed by atoms with van der Waals surface area (Å²) < 4.78 is 10.8. The number of nitrogens with one attached hydrogen (secondary N) is 2. The maximum atomic E-state index is 11.6. The second-order valence-corrected chi connectivity index (χ2v) is 4.67. The zero-order valence-corrected chi connectivity index (χ0v) is 11.4. The first-order chi connectivity index (χ1) is 8.68. The van der Waals surface area contributed by atoms with Crippen molar-refractivity contribution < 1.29 is 14.3 Å². The molecule has 0 aromatic heterocycles. The number of hydrogen-bond acceptors (Lipinski definition) is 5. The van der Waals surface area contributed by atoms with E-state index in [1.54, 1.807) is 0 Å². The van der Waals surface area contributed by atoms with E-state index in [0.717, 1.165) is 19.6 Å². The van der Waals surface area contributed by atoms with Gasteiger partial charge in [-0.25, -0.2) is 0 Å². The van der Waals surface area contributed by atoms with Crippen LogP contribution in [0.25, 0.3) is 0 Å². The van der Waals surface area contributed by atoms with Gasteiger partial charge in [-0.2, -0.15) is 0 Å².